The number of ether oxygens (including phenoxy) is 1. The Morgan fingerprint density at radius 3 is 2.87 bits per heavy atom. The third-order valence-electron chi connectivity index (χ3n) is 3.52. The zero-order valence-electron chi connectivity index (χ0n) is 13.2. The summed E-state index contributed by atoms with van der Waals surface area (Å²) < 4.78 is 7.65. The van der Waals surface area contributed by atoms with Gasteiger partial charge in [0.2, 0.25) is 5.91 Å². The molecule has 1 atom stereocenters. The van der Waals surface area contributed by atoms with E-state index in [1.807, 2.05) is 6.92 Å². The fourth-order valence-electron chi connectivity index (χ4n) is 1.93. The Balaban J connectivity index is 1.80. The maximum absolute atomic E-state index is 12.0. The first-order valence-electron chi connectivity index (χ1n) is 7.50. The number of fused-ring (bicyclic) bond motifs is 1. The third-order valence-corrected chi connectivity index (χ3v) is 3.52. The summed E-state index contributed by atoms with van der Waals surface area (Å²) in [6, 6.07) is 5.24. The molecule has 2 aromatic rings. The number of pyridine rings is 1. The predicted octanol–water partition coefficient (Wildman–Crippen LogP) is 0.201. The molecule has 8 heteroatoms. The van der Waals surface area contributed by atoms with Gasteiger partial charge in [-0.2, -0.15) is 0 Å². The standard InChI is InChI=1S/C15H20N4O4/c1-3-11(2)14(21)16-10-13(20)23-9-8-19-15(22)18-7-5-4-6-12(18)17-19/h4-7,11H,3,8-10H2,1-2H3,(H,16,21)/t11-/m1/s1. The molecule has 0 fully saturated rings. The number of amides is 1. The number of hydrogen-bond donors (Lipinski definition) is 1. The molecule has 2 heterocycles. The number of esters is 1. The maximum Gasteiger partial charge on any atom is 0.350 e. The van der Waals surface area contributed by atoms with Crippen molar-refractivity contribution in [3.63, 3.8) is 0 Å². The molecule has 2 rings (SSSR count). The number of hydrogen-bond acceptors (Lipinski definition) is 5. The van der Waals surface area contributed by atoms with Crippen molar-refractivity contribution in [1.82, 2.24) is 19.5 Å². The summed E-state index contributed by atoms with van der Waals surface area (Å²) in [5, 5.41) is 6.64. The van der Waals surface area contributed by atoms with E-state index in [4.69, 9.17) is 4.74 Å². The lowest BCUT2D eigenvalue weighted by atomic mass is 10.1. The first-order chi connectivity index (χ1) is 11.0. The minimum absolute atomic E-state index is 0.0157. The van der Waals surface area contributed by atoms with Crippen LogP contribution in [-0.4, -0.2) is 39.2 Å². The van der Waals surface area contributed by atoms with Crippen LogP contribution >= 0.6 is 0 Å². The Morgan fingerprint density at radius 2 is 2.17 bits per heavy atom. The van der Waals surface area contributed by atoms with Gasteiger partial charge >= 0.3 is 11.7 Å². The average Bonchev–Trinajstić information content (AvgIpc) is 2.88. The average molecular weight is 320 g/mol. The molecule has 0 bridgehead atoms. The van der Waals surface area contributed by atoms with Gasteiger partial charge in [-0.15, -0.1) is 5.10 Å². The monoisotopic (exact) mass is 320 g/mol. The molecular formula is C15H20N4O4. The second-order valence-corrected chi connectivity index (χ2v) is 5.18. The van der Waals surface area contributed by atoms with Crippen molar-refractivity contribution >= 4 is 17.5 Å². The van der Waals surface area contributed by atoms with Crippen LogP contribution in [0.5, 0.6) is 0 Å². The molecule has 0 radical (unpaired) electrons. The Morgan fingerprint density at radius 1 is 1.39 bits per heavy atom. The van der Waals surface area contributed by atoms with Crippen LogP contribution in [0.3, 0.4) is 0 Å². The van der Waals surface area contributed by atoms with Crippen molar-refractivity contribution in [2.24, 2.45) is 5.92 Å². The lowest BCUT2D eigenvalue weighted by Crippen LogP contribution is -2.34. The van der Waals surface area contributed by atoms with Crippen LogP contribution in [0.2, 0.25) is 0 Å². The van der Waals surface area contributed by atoms with Gasteiger partial charge in [-0.3, -0.25) is 14.0 Å². The molecule has 0 unspecified atom stereocenters. The van der Waals surface area contributed by atoms with E-state index in [1.165, 1.54) is 9.08 Å². The van der Waals surface area contributed by atoms with Gasteiger partial charge < -0.3 is 10.1 Å². The van der Waals surface area contributed by atoms with Crippen LogP contribution in [0.15, 0.2) is 29.2 Å². The molecule has 124 valence electrons. The van der Waals surface area contributed by atoms with Crippen LogP contribution in [0.25, 0.3) is 5.65 Å². The van der Waals surface area contributed by atoms with Crippen molar-refractivity contribution in [3.05, 3.63) is 34.9 Å². The molecule has 0 saturated carbocycles. The van der Waals surface area contributed by atoms with Gasteiger partial charge in [0.05, 0.1) is 6.54 Å². The topological polar surface area (TPSA) is 94.7 Å². The minimum atomic E-state index is -0.543. The first kappa shape index (κ1) is 16.7. The molecule has 2 aromatic heterocycles. The van der Waals surface area contributed by atoms with Gasteiger partial charge in [-0.05, 0) is 18.6 Å². The molecule has 0 aromatic carbocycles. The summed E-state index contributed by atoms with van der Waals surface area (Å²) in [5.41, 5.74) is 0.242. The highest BCUT2D eigenvalue weighted by atomic mass is 16.5. The van der Waals surface area contributed by atoms with Crippen molar-refractivity contribution < 1.29 is 14.3 Å². The van der Waals surface area contributed by atoms with Crippen molar-refractivity contribution in [2.75, 3.05) is 13.2 Å². The highest BCUT2D eigenvalue weighted by Crippen LogP contribution is 1.99. The largest absolute Gasteiger partial charge is 0.462 e. The number of nitrogens with zero attached hydrogens (tertiary/aromatic N) is 3. The smallest absolute Gasteiger partial charge is 0.350 e. The van der Waals surface area contributed by atoms with E-state index in [9.17, 15) is 14.4 Å². The molecule has 8 nitrogen and oxygen atoms in total. The fraction of sp³-hybridized carbons (Fsp3) is 0.467. The summed E-state index contributed by atoms with van der Waals surface area (Å²) in [4.78, 5) is 35.1. The lowest BCUT2D eigenvalue weighted by molar-refractivity contribution is -0.144. The molecule has 1 N–H and O–H groups in total. The molecule has 0 aliphatic carbocycles. The van der Waals surface area contributed by atoms with E-state index >= 15 is 0 Å². The Labute approximate surface area is 133 Å². The van der Waals surface area contributed by atoms with Crippen molar-refractivity contribution in [3.8, 4) is 0 Å². The molecule has 23 heavy (non-hydrogen) atoms. The highest BCUT2D eigenvalue weighted by molar-refractivity contribution is 5.83. The van der Waals surface area contributed by atoms with Crippen LogP contribution in [0.4, 0.5) is 0 Å². The van der Waals surface area contributed by atoms with Crippen molar-refractivity contribution in [2.45, 2.75) is 26.8 Å². The molecular weight excluding hydrogens is 300 g/mol. The summed E-state index contributed by atoms with van der Waals surface area (Å²) in [6.45, 7) is 3.68. The van der Waals surface area contributed by atoms with Crippen LogP contribution in [0, 0.1) is 5.92 Å². The summed E-state index contributed by atoms with van der Waals surface area (Å²) in [5.74, 6) is -0.862. The number of rotatable bonds is 7. The van der Waals surface area contributed by atoms with E-state index in [2.05, 4.69) is 10.4 Å². The quantitative estimate of drug-likeness (QED) is 0.736. The van der Waals surface area contributed by atoms with E-state index < -0.39 is 5.97 Å². The second-order valence-electron chi connectivity index (χ2n) is 5.18. The van der Waals surface area contributed by atoms with Crippen LogP contribution in [-0.2, 0) is 20.9 Å². The number of aromatic nitrogens is 3. The summed E-state index contributed by atoms with van der Waals surface area (Å²) in [7, 11) is 0. The zero-order valence-corrected chi connectivity index (χ0v) is 13.2. The molecule has 0 spiro atoms. The zero-order chi connectivity index (χ0) is 16.8. The Bertz CT molecular complexity index is 749. The van der Waals surface area contributed by atoms with Crippen molar-refractivity contribution in [1.29, 1.82) is 0 Å². The molecule has 0 aliphatic heterocycles. The normalized spacial score (nSPS) is 12.1. The van der Waals surface area contributed by atoms with Gasteiger partial charge in [0.15, 0.2) is 5.65 Å². The summed E-state index contributed by atoms with van der Waals surface area (Å²) in [6.07, 6.45) is 2.33. The van der Waals surface area contributed by atoms with Gasteiger partial charge in [0.25, 0.3) is 0 Å². The summed E-state index contributed by atoms with van der Waals surface area (Å²) >= 11 is 0. The van der Waals surface area contributed by atoms with E-state index in [0.717, 1.165) is 0 Å². The highest BCUT2D eigenvalue weighted by Gasteiger charge is 2.12. The van der Waals surface area contributed by atoms with E-state index in [1.54, 1.807) is 31.3 Å². The van der Waals surface area contributed by atoms with E-state index in [-0.39, 0.29) is 37.2 Å². The number of carbonyl (C=O) groups is 2. The third kappa shape index (κ3) is 4.18. The SMILES string of the molecule is CC[C@@H](C)C(=O)NCC(=O)OCCn1nc2ccccn2c1=O. The second kappa shape index (κ2) is 7.57. The van der Waals surface area contributed by atoms with Gasteiger partial charge in [-0.1, -0.05) is 19.9 Å². The maximum atomic E-state index is 12.0. The van der Waals surface area contributed by atoms with Gasteiger partial charge in [0, 0.05) is 12.1 Å². The van der Waals surface area contributed by atoms with Crippen LogP contribution < -0.4 is 11.0 Å². The molecule has 0 aliphatic rings. The lowest BCUT2D eigenvalue weighted by Gasteiger charge is -2.09. The number of nitrogens with one attached hydrogen (secondary N) is 1. The van der Waals surface area contributed by atoms with E-state index in [0.29, 0.717) is 12.1 Å². The fourth-order valence-corrected chi connectivity index (χ4v) is 1.93. The molecule has 1 amide bonds. The van der Waals surface area contributed by atoms with Gasteiger partial charge in [0.1, 0.15) is 13.2 Å². The molecule has 0 saturated heterocycles. The Kier molecular flexibility index (Phi) is 5.51. The first-order valence-corrected chi connectivity index (χ1v) is 7.50. The Hall–Kier alpha value is -2.64. The predicted molar refractivity (Wildman–Crippen MR) is 82.9 cm³/mol. The minimum Gasteiger partial charge on any atom is -0.462 e. The van der Waals surface area contributed by atoms with Crippen LogP contribution in [0.1, 0.15) is 20.3 Å². The van der Waals surface area contributed by atoms with Gasteiger partial charge in [-0.25, -0.2) is 9.48 Å². The number of carbonyl (C=O) groups excluding carboxylic acids is 2.